The van der Waals surface area contributed by atoms with E-state index in [1.165, 1.54) is 18.4 Å². The first kappa shape index (κ1) is 9.25. The highest BCUT2D eigenvalue weighted by molar-refractivity contribution is 5.96. The highest BCUT2D eigenvalue weighted by Gasteiger charge is 2.15. The minimum Gasteiger partial charge on any atom is -0.231 e. The van der Waals surface area contributed by atoms with Crippen LogP contribution in [0.1, 0.15) is 31.7 Å². The summed E-state index contributed by atoms with van der Waals surface area (Å²) >= 11 is 0. The molecule has 0 fully saturated rings. The summed E-state index contributed by atoms with van der Waals surface area (Å²) in [6.45, 7) is 4.27. The summed E-state index contributed by atoms with van der Waals surface area (Å²) < 4.78 is 0. The molecular formula is C12H15N2. The number of para-hydroxylation sites is 1. The quantitative estimate of drug-likeness (QED) is 0.692. The van der Waals surface area contributed by atoms with Gasteiger partial charge >= 0.3 is 0 Å². The summed E-state index contributed by atoms with van der Waals surface area (Å²) in [5.74, 6) is 0.996. The van der Waals surface area contributed by atoms with Gasteiger partial charge in [-0.25, -0.2) is 10.3 Å². The topological polar surface area (TPSA) is 26.5 Å². The van der Waals surface area contributed by atoms with E-state index in [0.29, 0.717) is 0 Å². The number of nitrogens with zero attached hydrogens (tertiary/aromatic N) is 2. The lowest BCUT2D eigenvalue weighted by molar-refractivity contribution is 0.825. The molecule has 73 valence electrons. The van der Waals surface area contributed by atoms with Crippen LogP contribution in [-0.4, -0.2) is 5.84 Å². The van der Waals surface area contributed by atoms with Crippen LogP contribution in [0.2, 0.25) is 0 Å². The van der Waals surface area contributed by atoms with E-state index in [4.69, 9.17) is 0 Å². The molecule has 0 aromatic heterocycles. The fraction of sp³-hybridized carbons (Fsp3) is 0.417. The number of unbranched alkanes of at least 4 members (excludes halogenated alkanes) is 1. The Labute approximate surface area is 85.1 Å². The lowest BCUT2D eigenvalue weighted by Gasteiger charge is -1.98. The van der Waals surface area contributed by atoms with Crippen LogP contribution in [0.3, 0.4) is 0 Å². The van der Waals surface area contributed by atoms with Gasteiger partial charge in [-0.15, -0.1) is 0 Å². The molecule has 14 heavy (non-hydrogen) atoms. The van der Waals surface area contributed by atoms with Crippen LogP contribution >= 0.6 is 0 Å². The third-order valence-corrected chi connectivity index (χ3v) is 2.46. The first-order chi connectivity index (χ1) is 6.81. The predicted molar refractivity (Wildman–Crippen MR) is 59.6 cm³/mol. The summed E-state index contributed by atoms with van der Waals surface area (Å²) in [6, 6.07) is 6.15. The van der Waals surface area contributed by atoms with Gasteiger partial charge in [0.05, 0.1) is 11.4 Å². The average Bonchev–Trinajstić information content (AvgIpc) is 2.59. The predicted octanol–water partition coefficient (Wildman–Crippen LogP) is 3.46. The molecule has 0 aliphatic carbocycles. The molecule has 1 heterocycles. The van der Waals surface area contributed by atoms with Gasteiger partial charge in [-0.1, -0.05) is 25.5 Å². The Hall–Kier alpha value is -1.31. The second-order valence-corrected chi connectivity index (χ2v) is 3.69. The van der Waals surface area contributed by atoms with Gasteiger partial charge in [0.2, 0.25) is 0 Å². The van der Waals surface area contributed by atoms with Crippen LogP contribution in [0.25, 0.3) is 0 Å². The van der Waals surface area contributed by atoms with E-state index in [0.717, 1.165) is 23.6 Å². The van der Waals surface area contributed by atoms with Gasteiger partial charge in [-0.05, 0) is 25.0 Å². The van der Waals surface area contributed by atoms with E-state index < -0.39 is 0 Å². The van der Waals surface area contributed by atoms with Crippen molar-refractivity contribution in [3.63, 3.8) is 0 Å². The number of rotatable bonds is 3. The Balaban J connectivity index is 2.17. The Morgan fingerprint density at radius 1 is 1.29 bits per heavy atom. The molecule has 0 saturated heterocycles. The van der Waals surface area contributed by atoms with E-state index in [9.17, 15) is 0 Å². The zero-order valence-electron chi connectivity index (χ0n) is 8.75. The summed E-state index contributed by atoms with van der Waals surface area (Å²) in [5, 5.41) is 4.50. The van der Waals surface area contributed by atoms with Crippen LogP contribution in [0.5, 0.6) is 0 Å². The van der Waals surface area contributed by atoms with Crippen molar-refractivity contribution in [3.05, 3.63) is 23.8 Å². The number of amidine groups is 1. The van der Waals surface area contributed by atoms with Gasteiger partial charge in [-0.2, -0.15) is 0 Å². The maximum Gasteiger partial charge on any atom is 0.129 e. The fourth-order valence-electron chi connectivity index (χ4n) is 1.62. The summed E-state index contributed by atoms with van der Waals surface area (Å²) in [4.78, 5) is 4.54. The Morgan fingerprint density at radius 2 is 2.14 bits per heavy atom. The molecule has 0 N–H and O–H groups in total. The maximum absolute atomic E-state index is 4.54. The van der Waals surface area contributed by atoms with Gasteiger partial charge in [0.25, 0.3) is 0 Å². The smallest absolute Gasteiger partial charge is 0.129 e. The molecule has 2 rings (SSSR count). The van der Waals surface area contributed by atoms with Gasteiger partial charge in [0, 0.05) is 6.42 Å². The molecule has 0 atom stereocenters. The highest BCUT2D eigenvalue weighted by atomic mass is 15.1. The molecule has 1 radical (unpaired) electrons. The SMILES string of the molecule is CCCCC1=Nc2c(C)cccc2[N]1. The standard InChI is InChI=1S/C12H15N2/c1-3-4-8-11-13-10-7-5-6-9(2)12(10)14-11/h5-7H,3-4,8H2,1-2H3. The lowest BCUT2D eigenvalue weighted by Crippen LogP contribution is -2.05. The zero-order valence-corrected chi connectivity index (χ0v) is 8.75. The number of aryl methyl sites for hydroxylation is 1. The summed E-state index contributed by atoms with van der Waals surface area (Å²) in [6.07, 6.45) is 3.38. The van der Waals surface area contributed by atoms with Gasteiger partial charge in [-0.3, -0.25) is 0 Å². The van der Waals surface area contributed by atoms with Crippen molar-refractivity contribution in [2.24, 2.45) is 4.99 Å². The van der Waals surface area contributed by atoms with Gasteiger partial charge < -0.3 is 0 Å². The van der Waals surface area contributed by atoms with Crippen molar-refractivity contribution in [2.75, 3.05) is 0 Å². The third-order valence-electron chi connectivity index (χ3n) is 2.46. The summed E-state index contributed by atoms with van der Waals surface area (Å²) in [7, 11) is 0. The Bertz CT molecular complexity index is 367. The van der Waals surface area contributed by atoms with Crippen LogP contribution in [0.15, 0.2) is 23.2 Å². The van der Waals surface area contributed by atoms with Crippen molar-refractivity contribution in [1.29, 1.82) is 0 Å². The second kappa shape index (κ2) is 3.82. The van der Waals surface area contributed by atoms with Crippen LogP contribution in [0.4, 0.5) is 11.4 Å². The Morgan fingerprint density at radius 3 is 2.86 bits per heavy atom. The van der Waals surface area contributed by atoms with E-state index in [-0.39, 0.29) is 0 Å². The molecule has 1 aromatic rings. The molecule has 2 heteroatoms. The number of hydrogen-bond acceptors (Lipinski definition) is 1. The van der Waals surface area contributed by atoms with E-state index in [1.54, 1.807) is 0 Å². The van der Waals surface area contributed by atoms with Gasteiger partial charge in [0.15, 0.2) is 0 Å². The molecule has 0 bridgehead atoms. The van der Waals surface area contributed by atoms with Crippen LogP contribution < -0.4 is 5.32 Å². The van der Waals surface area contributed by atoms with Crippen LogP contribution in [0, 0.1) is 6.92 Å². The van der Waals surface area contributed by atoms with Crippen LogP contribution in [-0.2, 0) is 0 Å². The number of aliphatic imine (C=N–C) groups is 1. The van der Waals surface area contributed by atoms with Crippen molar-refractivity contribution in [2.45, 2.75) is 33.1 Å². The monoisotopic (exact) mass is 187 g/mol. The second-order valence-electron chi connectivity index (χ2n) is 3.69. The largest absolute Gasteiger partial charge is 0.231 e. The fourth-order valence-corrected chi connectivity index (χ4v) is 1.62. The highest BCUT2D eigenvalue weighted by Crippen LogP contribution is 2.34. The normalized spacial score (nSPS) is 13.4. The number of fused-ring (bicyclic) bond motifs is 1. The minimum atomic E-state index is 0.996. The third kappa shape index (κ3) is 1.65. The first-order valence-corrected chi connectivity index (χ1v) is 5.20. The van der Waals surface area contributed by atoms with E-state index in [2.05, 4.69) is 30.2 Å². The molecule has 0 amide bonds. The van der Waals surface area contributed by atoms with Crippen molar-refractivity contribution in [1.82, 2.24) is 5.32 Å². The molecule has 0 unspecified atom stereocenters. The molecule has 0 saturated carbocycles. The maximum atomic E-state index is 4.54. The average molecular weight is 187 g/mol. The van der Waals surface area contributed by atoms with E-state index >= 15 is 0 Å². The molecular weight excluding hydrogens is 172 g/mol. The van der Waals surface area contributed by atoms with Crippen molar-refractivity contribution >= 4 is 17.2 Å². The number of hydrogen-bond donors (Lipinski definition) is 0. The van der Waals surface area contributed by atoms with Crippen molar-refractivity contribution < 1.29 is 0 Å². The lowest BCUT2D eigenvalue weighted by atomic mass is 10.2. The zero-order chi connectivity index (χ0) is 9.97. The number of benzene rings is 1. The molecule has 2 nitrogen and oxygen atoms in total. The summed E-state index contributed by atoms with van der Waals surface area (Å²) in [5.41, 5.74) is 3.33. The minimum absolute atomic E-state index is 0.996. The molecule has 1 aliphatic rings. The molecule has 0 spiro atoms. The van der Waals surface area contributed by atoms with Gasteiger partial charge in [0.1, 0.15) is 5.84 Å². The van der Waals surface area contributed by atoms with Crippen molar-refractivity contribution in [3.8, 4) is 0 Å². The Kier molecular flexibility index (Phi) is 2.53. The first-order valence-electron chi connectivity index (χ1n) is 5.20. The van der Waals surface area contributed by atoms with E-state index in [1.807, 2.05) is 12.1 Å². The molecule has 1 aliphatic heterocycles. The molecule has 1 aromatic carbocycles.